The van der Waals surface area contributed by atoms with Gasteiger partial charge < -0.3 is 4.90 Å². The van der Waals surface area contributed by atoms with Crippen molar-refractivity contribution < 1.29 is 0 Å². The molecule has 10 aromatic rings. The second-order valence-corrected chi connectivity index (χ2v) is 15.2. The van der Waals surface area contributed by atoms with Gasteiger partial charge in [0.1, 0.15) is 0 Å². The molecule has 11 rings (SSSR count). The Morgan fingerprint density at radius 2 is 0.845 bits per heavy atom. The van der Waals surface area contributed by atoms with Crippen LogP contribution in [0.3, 0.4) is 0 Å². The van der Waals surface area contributed by atoms with Crippen molar-refractivity contribution in [1.29, 1.82) is 0 Å². The van der Waals surface area contributed by atoms with Crippen LogP contribution < -0.4 is 4.90 Å². The number of anilines is 3. The monoisotopic (exact) mass is 737 g/mol. The first-order valence-corrected chi connectivity index (χ1v) is 20.1. The maximum absolute atomic E-state index is 2.52. The molecule has 0 aliphatic heterocycles. The molecule has 0 amide bonds. The molecule has 0 heterocycles. The van der Waals surface area contributed by atoms with E-state index in [1.54, 1.807) is 0 Å². The summed E-state index contributed by atoms with van der Waals surface area (Å²) in [6.07, 6.45) is 0. The molecule has 0 aromatic heterocycles. The van der Waals surface area contributed by atoms with Crippen LogP contribution >= 0.6 is 0 Å². The van der Waals surface area contributed by atoms with E-state index in [1.165, 1.54) is 77.2 Å². The molecule has 0 bridgehead atoms. The van der Waals surface area contributed by atoms with Gasteiger partial charge in [0.05, 0.1) is 16.8 Å². The molecule has 0 fully saturated rings. The summed E-state index contributed by atoms with van der Waals surface area (Å²) in [6, 6.07) is 87.0. The summed E-state index contributed by atoms with van der Waals surface area (Å²) in [5.41, 5.74) is 15.2. The molecule has 0 spiro atoms. The van der Waals surface area contributed by atoms with Crippen molar-refractivity contribution in [3.8, 4) is 33.4 Å². The Labute approximate surface area is 339 Å². The molecule has 10 aromatic carbocycles. The standard InChI is InChI=1S/C57H39N/c1-4-21-42(22-5-1)56-47-29-13-11-20-41(47)35-38-55(56)58(54-34-17-15-31-51(54)48-32-18-23-40-19-10-12-28-46(40)48)45-36-37-50-49-30-14-16-33-52(49)57(53(50)39-45,43-24-6-2-7-25-43)44-26-8-3-9-27-44/h1-39H. The van der Waals surface area contributed by atoms with Crippen molar-refractivity contribution in [1.82, 2.24) is 0 Å². The third-order valence-corrected chi connectivity index (χ3v) is 12.1. The van der Waals surface area contributed by atoms with Crippen LogP contribution in [0.5, 0.6) is 0 Å². The van der Waals surface area contributed by atoms with Crippen LogP contribution in [0.25, 0.3) is 54.9 Å². The van der Waals surface area contributed by atoms with E-state index in [2.05, 4.69) is 241 Å². The van der Waals surface area contributed by atoms with Crippen molar-refractivity contribution in [3.63, 3.8) is 0 Å². The van der Waals surface area contributed by atoms with Crippen molar-refractivity contribution in [2.24, 2.45) is 0 Å². The lowest BCUT2D eigenvalue weighted by Crippen LogP contribution is -2.28. The Morgan fingerprint density at radius 1 is 0.310 bits per heavy atom. The smallest absolute Gasteiger partial charge is 0.0714 e. The van der Waals surface area contributed by atoms with Crippen LogP contribution in [0.4, 0.5) is 17.1 Å². The fourth-order valence-corrected chi connectivity index (χ4v) is 9.69. The summed E-state index contributed by atoms with van der Waals surface area (Å²) < 4.78 is 0. The van der Waals surface area contributed by atoms with Crippen LogP contribution in [0.1, 0.15) is 22.3 Å². The highest BCUT2D eigenvalue weighted by atomic mass is 15.1. The van der Waals surface area contributed by atoms with Crippen LogP contribution in [0.2, 0.25) is 0 Å². The number of hydrogen-bond donors (Lipinski definition) is 0. The van der Waals surface area contributed by atoms with E-state index in [1.807, 2.05) is 0 Å². The maximum Gasteiger partial charge on any atom is 0.0714 e. The summed E-state index contributed by atoms with van der Waals surface area (Å²) in [4.78, 5) is 2.52. The number of para-hydroxylation sites is 1. The number of nitrogens with zero attached hydrogens (tertiary/aromatic N) is 1. The van der Waals surface area contributed by atoms with Crippen LogP contribution in [-0.4, -0.2) is 0 Å². The first-order valence-electron chi connectivity index (χ1n) is 20.1. The van der Waals surface area contributed by atoms with E-state index in [0.717, 1.165) is 17.1 Å². The third-order valence-electron chi connectivity index (χ3n) is 12.1. The minimum Gasteiger partial charge on any atom is -0.309 e. The molecule has 1 heteroatoms. The summed E-state index contributed by atoms with van der Waals surface area (Å²) in [5.74, 6) is 0. The van der Waals surface area contributed by atoms with E-state index < -0.39 is 5.41 Å². The van der Waals surface area contributed by atoms with Gasteiger partial charge in [-0.1, -0.05) is 212 Å². The molecule has 0 unspecified atom stereocenters. The molecule has 272 valence electrons. The number of hydrogen-bond acceptors (Lipinski definition) is 1. The molecule has 0 N–H and O–H groups in total. The maximum atomic E-state index is 2.52. The van der Waals surface area contributed by atoms with Gasteiger partial charge in [-0.25, -0.2) is 0 Å². The zero-order valence-electron chi connectivity index (χ0n) is 32.0. The normalized spacial score (nSPS) is 12.6. The molecular weight excluding hydrogens is 699 g/mol. The Hall–Kier alpha value is -7.48. The predicted molar refractivity (Wildman–Crippen MR) is 244 cm³/mol. The Bertz CT molecular complexity index is 3070. The minimum absolute atomic E-state index is 0.531. The average molecular weight is 738 g/mol. The largest absolute Gasteiger partial charge is 0.309 e. The van der Waals surface area contributed by atoms with Crippen molar-refractivity contribution in [2.45, 2.75) is 5.41 Å². The van der Waals surface area contributed by atoms with Gasteiger partial charge in [0.2, 0.25) is 0 Å². The molecule has 0 radical (unpaired) electrons. The van der Waals surface area contributed by atoms with E-state index in [0.29, 0.717) is 0 Å². The Morgan fingerprint density at radius 3 is 1.59 bits per heavy atom. The molecule has 1 aliphatic carbocycles. The van der Waals surface area contributed by atoms with Gasteiger partial charge in [-0.05, 0) is 90.3 Å². The fourth-order valence-electron chi connectivity index (χ4n) is 9.69. The van der Waals surface area contributed by atoms with Gasteiger partial charge in [-0.2, -0.15) is 0 Å². The van der Waals surface area contributed by atoms with Gasteiger partial charge in [-0.3, -0.25) is 0 Å². The van der Waals surface area contributed by atoms with Crippen LogP contribution in [0, 0.1) is 0 Å². The van der Waals surface area contributed by atoms with Crippen molar-refractivity contribution in [3.05, 3.63) is 259 Å². The van der Waals surface area contributed by atoms with E-state index in [4.69, 9.17) is 0 Å². The van der Waals surface area contributed by atoms with Gasteiger partial charge in [0, 0.05) is 16.8 Å². The first kappa shape index (κ1) is 33.8. The predicted octanol–water partition coefficient (Wildman–Crippen LogP) is 15.2. The third kappa shape index (κ3) is 5.25. The second-order valence-electron chi connectivity index (χ2n) is 15.2. The lowest BCUT2D eigenvalue weighted by atomic mass is 9.67. The quantitative estimate of drug-likeness (QED) is 0.157. The summed E-state index contributed by atoms with van der Waals surface area (Å²) in [5, 5.41) is 4.89. The highest BCUT2D eigenvalue weighted by molar-refractivity contribution is 6.08. The lowest BCUT2D eigenvalue weighted by molar-refractivity contribution is 0.768. The topological polar surface area (TPSA) is 3.24 Å². The minimum atomic E-state index is -0.531. The average Bonchev–Trinajstić information content (AvgIpc) is 3.60. The number of benzene rings is 10. The van der Waals surface area contributed by atoms with E-state index >= 15 is 0 Å². The first-order chi connectivity index (χ1) is 28.8. The zero-order valence-corrected chi connectivity index (χ0v) is 32.0. The van der Waals surface area contributed by atoms with Crippen LogP contribution in [0.15, 0.2) is 237 Å². The SMILES string of the molecule is c1ccc(-c2c(N(c3ccc4c(c3)C(c3ccccc3)(c3ccccc3)c3ccccc3-4)c3ccccc3-c3cccc4ccccc34)ccc3ccccc23)cc1. The van der Waals surface area contributed by atoms with E-state index in [-0.39, 0.29) is 0 Å². The van der Waals surface area contributed by atoms with Gasteiger partial charge in [-0.15, -0.1) is 0 Å². The molecule has 1 nitrogen and oxygen atoms in total. The highest BCUT2D eigenvalue weighted by Crippen LogP contribution is 2.58. The Kier molecular flexibility index (Phi) is 8.12. The summed E-state index contributed by atoms with van der Waals surface area (Å²) in [7, 11) is 0. The molecule has 58 heavy (non-hydrogen) atoms. The second kappa shape index (κ2) is 13.9. The molecule has 0 saturated carbocycles. The summed E-state index contributed by atoms with van der Waals surface area (Å²) in [6.45, 7) is 0. The van der Waals surface area contributed by atoms with Crippen molar-refractivity contribution >= 4 is 38.6 Å². The van der Waals surface area contributed by atoms with Crippen molar-refractivity contribution in [2.75, 3.05) is 4.90 Å². The molecular formula is C57H39N. The zero-order chi connectivity index (χ0) is 38.5. The van der Waals surface area contributed by atoms with Gasteiger partial charge in [0.25, 0.3) is 0 Å². The van der Waals surface area contributed by atoms with E-state index in [9.17, 15) is 0 Å². The molecule has 0 saturated heterocycles. The number of fused-ring (bicyclic) bond motifs is 5. The highest BCUT2D eigenvalue weighted by Gasteiger charge is 2.46. The van der Waals surface area contributed by atoms with Crippen LogP contribution in [-0.2, 0) is 5.41 Å². The lowest BCUT2D eigenvalue weighted by Gasteiger charge is -2.35. The van der Waals surface area contributed by atoms with Gasteiger partial charge >= 0.3 is 0 Å². The molecule has 1 aliphatic rings. The van der Waals surface area contributed by atoms with Gasteiger partial charge in [0.15, 0.2) is 0 Å². The fraction of sp³-hybridized carbons (Fsp3) is 0.0175. The summed E-state index contributed by atoms with van der Waals surface area (Å²) >= 11 is 0. The Balaban J connectivity index is 1.26. The number of rotatable bonds is 7. The molecule has 0 atom stereocenters.